The first-order chi connectivity index (χ1) is 15.8. The van der Waals surface area contributed by atoms with Crippen LogP contribution in [0.1, 0.15) is 0 Å². The van der Waals surface area contributed by atoms with E-state index in [1.54, 1.807) is 6.08 Å². The van der Waals surface area contributed by atoms with Crippen LogP contribution in [0.2, 0.25) is 0 Å². The monoisotopic (exact) mass is 486 g/mol. The molecule has 0 amide bonds. The zero-order valence-corrected chi connectivity index (χ0v) is 19.7. The minimum atomic E-state index is -0.454. The highest BCUT2D eigenvalue weighted by molar-refractivity contribution is 6.26. The molecule has 0 saturated carbocycles. The van der Waals surface area contributed by atoms with E-state index in [2.05, 4.69) is 6.58 Å². The number of ether oxygens (including phenoxy) is 9. The molecule has 0 fully saturated rings. The quantitative estimate of drug-likeness (QED) is 0.0725. The Hall–Kier alpha value is -0.820. The number of esters is 1. The van der Waals surface area contributed by atoms with Gasteiger partial charge in [0, 0.05) is 0 Å². The molecule has 0 spiro atoms. The Morgan fingerprint density at radius 3 is 1.09 bits per heavy atom. The van der Waals surface area contributed by atoms with Crippen molar-refractivity contribution in [3.8, 4) is 0 Å². The predicted molar refractivity (Wildman–Crippen MR) is 118 cm³/mol. The summed E-state index contributed by atoms with van der Waals surface area (Å²) in [5.41, 5.74) is 0. The standard InChI is InChI=1S/C21H39ClO10/c1-2-3-24-4-5-25-6-7-26-8-9-27-10-11-28-12-13-29-14-15-30-16-17-31-18-19-32-21(23)20-22/h2H,1,3-20H2. The fourth-order valence-corrected chi connectivity index (χ4v) is 2.04. The van der Waals surface area contributed by atoms with Gasteiger partial charge in [0.2, 0.25) is 0 Å². The number of alkyl halides is 1. The van der Waals surface area contributed by atoms with Gasteiger partial charge in [0.15, 0.2) is 0 Å². The smallest absolute Gasteiger partial charge is 0.320 e. The molecule has 0 N–H and O–H groups in total. The molecule has 0 rings (SSSR count). The van der Waals surface area contributed by atoms with Crippen LogP contribution in [0.25, 0.3) is 0 Å². The Bertz CT molecular complexity index is 401. The summed E-state index contributed by atoms with van der Waals surface area (Å²) >= 11 is 5.29. The minimum absolute atomic E-state index is 0.150. The first kappa shape index (κ1) is 31.2. The SMILES string of the molecule is C=CCOCCOCCOCCOCCOCCOCCOCCOCCOC(=O)CCl. The summed E-state index contributed by atoms with van der Waals surface area (Å²) in [6.07, 6.45) is 1.70. The van der Waals surface area contributed by atoms with Gasteiger partial charge in [-0.25, -0.2) is 0 Å². The van der Waals surface area contributed by atoms with E-state index in [1.807, 2.05) is 0 Å². The first-order valence-corrected chi connectivity index (χ1v) is 11.3. The van der Waals surface area contributed by atoms with Crippen LogP contribution in [-0.4, -0.2) is 124 Å². The highest BCUT2D eigenvalue weighted by Crippen LogP contribution is 1.87. The van der Waals surface area contributed by atoms with Gasteiger partial charge in [-0.1, -0.05) is 6.08 Å². The molecule has 0 heterocycles. The summed E-state index contributed by atoms with van der Waals surface area (Å²) in [5.74, 6) is -0.604. The minimum Gasteiger partial charge on any atom is -0.462 e. The van der Waals surface area contributed by atoms with Crippen molar-refractivity contribution in [2.24, 2.45) is 0 Å². The van der Waals surface area contributed by atoms with Gasteiger partial charge in [0.25, 0.3) is 0 Å². The molecule has 32 heavy (non-hydrogen) atoms. The largest absolute Gasteiger partial charge is 0.462 e. The maximum absolute atomic E-state index is 10.8. The summed E-state index contributed by atoms with van der Waals surface area (Å²) in [5, 5.41) is 0. The lowest BCUT2D eigenvalue weighted by Crippen LogP contribution is -2.15. The van der Waals surface area contributed by atoms with Crippen molar-refractivity contribution in [1.29, 1.82) is 0 Å². The maximum Gasteiger partial charge on any atom is 0.320 e. The highest BCUT2D eigenvalue weighted by atomic mass is 35.5. The van der Waals surface area contributed by atoms with Crippen LogP contribution < -0.4 is 0 Å². The summed E-state index contributed by atoms with van der Waals surface area (Å²) in [7, 11) is 0. The first-order valence-electron chi connectivity index (χ1n) is 10.8. The zero-order valence-electron chi connectivity index (χ0n) is 19.0. The third-order valence-corrected chi connectivity index (χ3v) is 3.66. The molecule has 0 aromatic rings. The summed E-state index contributed by atoms with van der Waals surface area (Å²) in [6.45, 7) is 11.7. The fraction of sp³-hybridized carbons (Fsp3) is 0.857. The van der Waals surface area contributed by atoms with Crippen molar-refractivity contribution in [1.82, 2.24) is 0 Å². The Morgan fingerprint density at radius 2 is 0.812 bits per heavy atom. The number of carbonyl (C=O) groups is 1. The molecule has 10 nitrogen and oxygen atoms in total. The molecular formula is C21H39ClO10. The number of hydrogen-bond donors (Lipinski definition) is 0. The topological polar surface area (TPSA) is 100 Å². The van der Waals surface area contributed by atoms with E-state index in [4.69, 9.17) is 54.2 Å². The lowest BCUT2D eigenvalue weighted by molar-refractivity contribution is -0.142. The van der Waals surface area contributed by atoms with Gasteiger partial charge >= 0.3 is 5.97 Å². The van der Waals surface area contributed by atoms with Crippen molar-refractivity contribution in [2.75, 3.05) is 118 Å². The van der Waals surface area contributed by atoms with E-state index in [1.165, 1.54) is 0 Å². The fourth-order valence-electron chi connectivity index (χ4n) is 1.96. The second-order valence-electron chi connectivity index (χ2n) is 6.00. The molecule has 0 atom stereocenters. The molecule has 11 heteroatoms. The number of rotatable bonds is 27. The Balaban J connectivity index is 3.02. The molecular weight excluding hydrogens is 448 g/mol. The van der Waals surface area contributed by atoms with Gasteiger partial charge in [0.05, 0.1) is 106 Å². The van der Waals surface area contributed by atoms with Gasteiger partial charge < -0.3 is 42.6 Å². The molecule has 0 unspecified atom stereocenters. The average molecular weight is 487 g/mol. The Kier molecular flexibility index (Phi) is 27.5. The molecule has 0 aliphatic heterocycles. The van der Waals surface area contributed by atoms with Crippen LogP contribution >= 0.6 is 11.6 Å². The third kappa shape index (κ3) is 27.2. The lowest BCUT2D eigenvalue weighted by atomic mass is 10.6. The van der Waals surface area contributed by atoms with Gasteiger partial charge in [-0.2, -0.15) is 0 Å². The van der Waals surface area contributed by atoms with E-state index < -0.39 is 5.97 Å². The zero-order chi connectivity index (χ0) is 23.4. The molecule has 0 aromatic carbocycles. The van der Waals surface area contributed by atoms with E-state index in [9.17, 15) is 4.79 Å². The van der Waals surface area contributed by atoms with Crippen molar-refractivity contribution in [2.45, 2.75) is 0 Å². The average Bonchev–Trinajstić information content (AvgIpc) is 2.81. The highest BCUT2D eigenvalue weighted by Gasteiger charge is 1.98. The Morgan fingerprint density at radius 1 is 0.531 bits per heavy atom. The van der Waals surface area contributed by atoms with Crippen molar-refractivity contribution >= 4 is 17.6 Å². The van der Waals surface area contributed by atoms with E-state index >= 15 is 0 Å². The third-order valence-electron chi connectivity index (χ3n) is 3.44. The van der Waals surface area contributed by atoms with Gasteiger partial charge in [-0.3, -0.25) is 4.79 Å². The second kappa shape index (κ2) is 28.2. The molecule has 190 valence electrons. The summed E-state index contributed by atoms with van der Waals surface area (Å²) in [4.78, 5) is 10.8. The summed E-state index contributed by atoms with van der Waals surface area (Å²) < 4.78 is 47.5. The number of hydrogen-bond acceptors (Lipinski definition) is 10. The molecule has 0 saturated heterocycles. The molecule has 0 aliphatic rings. The van der Waals surface area contributed by atoms with Gasteiger partial charge in [-0.15, -0.1) is 18.2 Å². The van der Waals surface area contributed by atoms with Crippen LogP contribution in [0, 0.1) is 0 Å². The molecule has 0 aliphatic carbocycles. The van der Waals surface area contributed by atoms with Gasteiger partial charge in [-0.05, 0) is 0 Å². The predicted octanol–water partition coefficient (Wildman–Crippen LogP) is 1.09. The van der Waals surface area contributed by atoms with Crippen molar-refractivity contribution in [3.05, 3.63) is 12.7 Å². The van der Waals surface area contributed by atoms with Crippen LogP contribution in [0.4, 0.5) is 0 Å². The van der Waals surface area contributed by atoms with Crippen LogP contribution in [0.3, 0.4) is 0 Å². The van der Waals surface area contributed by atoms with E-state index in [0.717, 1.165) is 0 Å². The van der Waals surface area contributed by atoms with Crippen molar-refractivity contribution in [3.63, 3.8) is 0 Å². The lowest BCUT2D eigenvalue weighted by Gasteiger charge is -2.08. The van der Waals surface area contributed by atoms with Crippen molar-refractivity contribution < 1.29 is 47.4 Å². The van der Waals surface area contributed by atoms with Gasteiger partial charge in [0.1, 0.15) is 12.5 Å². The van der Waals surface area contributed by atoms with E-state index in [0.29, 0.717) is 106 Å². The van der Waals surface area contributed by atoms with E-state index in [-0.39, 0.29) is 12.5 Å². The molecule has 0 aromatic heterocycles. The van der Waals surface area contributed by atoms with Crippen LogP contribution in [0.15, 0.2) is 12.7 Å². The second-order valence-corrected chi connectivity index (χ2v) is 6.27. The Labute approximate surface area is 196 Å². The summed E-state index contributed by atoms with van der Waals surface area (Å²) in [6, 6.07) is 0. The normalized spacial score (nSPS) is 11.0. The van der Waals surface area contributed by atoms with Crippen LogP contribution in [0.5, 0.6) is 0 Å². The number of halogens is 1. The number of carbonyl (C=O) groups excluding carboxylic acids is 1. The molecule has 0 radical (unpaired) electrons. The van der Waals surface area contributed by atoms with Crippen LogP contribution in [-0.2, 0) is 47.4 Å². The maximum atomic E-state index is 10.8. The molecule has 0 bridgehead atoms.